The van der Waals surface area contributed by atoms with E-state index in [1.165, 1.54) is 0 Å². The number of aryl methyl sites for hydroxylation is 4. The van der Waals surface area contributed by atoms with Crippen LogP contribution in [-0.4, -0.2) is 16.4 Å². The van der Waals surface area contributed by atoms with Gasteiger partial charge >= 0.3 is 0 Å². The Kier molecular flexibility index (Phi) is 4.97. The molecule has 2 aromatic carbocycles. The van der Waals surface area contributed by atoms with Gasteiger partial charge in [0.25, 0.3) is 0 Å². The lowest BCUT2D eigenvalue weighted by atomic mass is 9.97. The van der Waals surface area contributed by atoms with E-state index in [1.807, 2.05) is 64.1 Å². The highest BCUT2D eigenvalue weighted by Gasteiger charge is 2.26. The lowest BCUT2D eigenvalue weighted by Gasteiger charge is -2.11. The number of hydrogen-bond donors (Lipinski definition) is 0. The Morgan fingerprint density at radius 2 is 0.955 bits per heavy atom. The number of carbonyl (C=O) groups excluding carboxylic acids is 2. The summed E-state index contributed by atoms with van der Waals surface area (Å²) in [5, 5.41) is 0. The van der Waals surface area contributed by atoms with E-state index >= 15 is 0 Å². The molecule has 2 rings (SSSR count). The van der Waals surface area contributed by atoms with Crippen LogP contribution in [0, 0.1) is 27.7 Å². The third-order valence-corrected chi connectivity index (χ3v) is 4.30. The van der Waals surface area contributed by atoms with Crippen LogP contribution in [0.15, 0.2) is 36.4 Å². The van der Waals surface area contributed by atoms with Crippen molar-refractivity contribution in [3.05, 3.63) is 69.8 Å². The molecule has 0 heterocycles. The van der Waals surface area contributed by atoms with Gasteiger partial charge in [0.1, 0.15) is 4.83 Å². The molecule has 0 aromatic heterocycles. The predicted octanol–water partition coefficient (Wildman–Crippen LogP) is 4.75. The Labute approximate surface area is 139 Å². The molecule has 0 radical (unpaired) electrons. The van der Waals surface area contributed by atoms with Crippen LogP contribution in [0.1, 0.15) is 43.0 Å². The SMILES string of the molecule is Cc1cc(C)cc(C(=O)C(Br)C(=O)c2cc(C)cc(C)c2)c1. The smallest absolute Gasteiger partial charge is 0.184 e. The predicted molar refractivity (Wildman–Crippen MR) is 93.2 cm³/mol. The number of rotatable bonds is 4. The Bertz CT molecular complexity index is 643. The zero-order chi connectivity index (χ0) is 16.4. The van der Waals surface area contributed by atoms with E-state index < -0.39 is 4.83 Å². The summed E-state index contributed by atoms with van der Waals surface area (Å²) in [6.07, 6.45) is 0. The molecule has 114 valence electrons. The fourth-order valence-electron chi connectivity index (χ4n) is 2.65. The van der Waals surface area contributed by atoms with E-state index in [2.05, 4.69) is 15.9 Å². The van der Waals surface area contributed by atoms with Gasteiger partial charge in [-0.05, 0) is 52.0 Å². The van der Waals surface area contributed by atoms with Gasteiger partial charge in [0.2, 0.25) is 0 Å². The average molecular weight is 359 g/mol. The summed E-state index contributed by atoms with van der Waals surface area (Å²) in [5.74, 6) is -0.396. The third-order valence-electron chi connectivity index (χ3n) is 3.47. The molecular weight excluding hydrogens is 340 g/mol. The molecule has 0 fully saturated rings. The first-order valence-electron chi connectivity index (χ1n) is 7.17. The number of Topliss-reactive ketones (excluding diaryl/α,β-unsaturated/α-hetero) is 2. The first-order chi connectivity index (χ1) is 10.3. The molecule has 0 spiro atoms. The largest absolute Gasteiger partial charge is 0.292 e. The molecule has 0 bridgehead atoms. The van der Waals surface area contributed by atoms with E-state index in [4.69, 9.17) is 0 Å². The van der Waals surface area contributed by atoms with Gasteiger partial charge in [-0.1, -0.05) is 50.3 Å². The maximum absolute atomic E-state index is 12.6. The van der Waals surface area contributed by atoms with Gasteiger partial charge in [0.15, 0.2) is 11.6 Å². The molecule has 0 aliphatic rings. The minimum atomic E-state index is -0.852. The lowest BCUT2D eigenvalue weighted by molar-refractivity contribution is 0.0906. The summed E-state index contributed by atoms with van der Waals surface area (Å²) >= 11 is 3.28. The minimum absolute atomic E-state index is 0.198. The molecule has 3 heteroatoms. The van der Waals surface area contributed by atoms with E-state index in [1.54, 1.807) is 0 Å². The topological polar surface area (TPSA) is 34.1 Å². The molecule has 22 heavy (non-hydrogen) atoms. The van der Waals surface area contributed by atoms with Crippen LogP contribution in [0.2, 0.25) is 0 Å². The zero-order valence-corrected chi connectivity index (χ0v) is 14.8. The van der Waals surface area contributed by atoms with E-state index in [0.717, 1.165) is 22.3 Å². The van der Waals surface area contributed by atoms with E-state index in [9.17, 15) is 9.59 Å². The van der Waals surface area contributed by atoms with Crippen LogP contribution in [0.25, 0.3) is 0 Å². The number of hydrogen-bond acceptors (Lipinski definition) is 2. The second kappa shape index (κ2) is 6.57. The summed E-state index contributed by atoms with van der Waals surface area (Å²) in [4.78, 5) is 24.3. The van der Waals surface area contributed by atoms with Gasteiger partial charge in [-0.3, -0.25) is 9.59 Å². The molecule has 2 aromatic rings. The van der Waals surface area contributed by atoms with Crippen molar-refractivity contribution in [2.45, 2.75) is 32.5 Å². The fourth-order valence-corrected chi connectivity index (χ4v) is 3.17. The minimum Gasteiger partial charge on any atom is -0.292 e. The standard InChI is InChI=1S/C19H19BrO2/c1-11-5-12(2)8-15(7-11)18(21)17(20)19(22)16-9-13(3)6-14(4)10-16/h5-10,17H,1-4H3. The van der Waals surface area contributed by atoms with Gasteiger partial charge < -0.3 is 0 Å². The molecule has 0 unspecified atom stereocenters. The Morgan fingerprint density at radius 1 is 0.682 bits per heavy atom. The summed E-state index contributed by atoms with van der Waals surface area (Å²) in [6, 6.07) is 11.3. The molecule has 0 amide bonds. The zero-order valence-electron chi connectivity index (χ0n) is 13.2. The second-order valence-corrected chi connectivity index (χ2v) is 6.76. The number of ketones is 2. The average Bonchev–Trinajstić information content (AvgIpc) is 2.42. The highest BCUT2D eigenvalue weighted by Crippen LogP contribution is 2.19. The third kappa shape index (κ3) is 3.72. The first-order valence-corrected chi connectivity index (χ1v) is 8.08. The van der Waals surface area contributed by atoms with Crippen molar-refractivity contribution in [1.29, 1.82) is 0 Å². The van der Waals surface area contributed by atoms with Crippen LogP contribution < -0.4 is 0 Å². The van der Waals surface area contributed by atoms with Gasteiger partial charge in [0, 0.05) is 11.1 Å². The van der Waals surface area contributed by atoms with Crippen molar-refractivity contribution in [3.8, 4) is 0 Å². The van der Waals surface area contributed by atoms with Crippen molar-refractivity contribution >= 4 is 27.5 Å². The maximum Gasteiger partial charge on any atom is 0.184 e. The van der Waals surface area contributed by atoms with Crippen LogP contribution in [0.4, 0.5) is 0 Å². The van der Waals surface area contributed by atoms with Crippen molar-refractivity contribution < 1.29 is 9.59 Å². The van der Waals surface area contributed by atoms with Crippen LogP contribution in [0.3, 0.4) is 0 Å². The molecule has 0 saturated carbocycles. The normalized spacial score (nSPS) is 10.8. The number of carbonyl (C=O) groups is 2. The Hall–Kier alpha value is -1.74. The van der Waals surface area contributed by atoms with Crippen molar-refractivity contribution in [2.75, 3.05) is 0 Å². The number of benzene rings is 2. The summed E-state index contributed by atoms with van der Waals surface area (Å²) in [6.45, 7) is 7.77. The van der Waals surface area contributed by atoms with E-state index in [-0.39, 0.29) is 11.6 Å². The molecule has 0 aliphatic carbocycles. The molecule has 0 atom stereocenters. The molecule has 0 aliphatic heterocycles. The van der Waals surface area contributed by atoms with E-state index in [0.29, 0.717) is 11.1 Å². The van der Waals surface area contributed by atoms with Crippen LogP contribution in [0.5, 0.6) is 0 Å². The highest BCUT2D eigenvalue weighted by atomic mass is 79.9. The van der Waals surface area contributed by atoms with Crippen molar-refractivity contribution in [2.24, 2.45) is 0 Å². The van der Waals surface area contributed by atoms with Crippen molar-refractivity contribution in [3.63, 3.8) is 0 Å². The quantitative estimate of drug-likeness (QED) is 0.449. The fraction of sp³-hybridized carbons (Fsp3) is 0.263. The molecule has 0 N–H and O–H groups in total. The number of halogens is 1. The monoisotopic (exact) mass is 358 g/mol. The molecule has 0 saturated heterocycles. The maximum atomic E-state index is 12.6. The number of alkyl halides is 1. The highest BCUT2D eigenvalue weighted by molar-refractivity contribution is 9.10. The van der Waals surface area contributed by atoms with Crippen LogP contribution >= 0.6 is 15.9 Å². The van der Waals surface area contributed by atoms with Crippen molar-refractivity contribution in [1.82, 2.24) is 0 Å². The second-order valence-electron chi connectivity index (χ2n) is 5.84. The first kappa shape index (κ1) is 16.6. The van der Waals surface area contributed by atoms with Crippen LogP contribution in [-0.2, 0) is 0 Å². The summed E-state index contributed by atoms with van der Waals surface area (Å²) in [5.41, 5.74) is 5.20. The summed E-state index contributed by atoms with van der Waals surface area (Å²) < 4.78 is 0. The van der Waals surface area contributed by atoms with Gasteiger partial charge in [0.05, 0.1) is 0 Å². The Balaban J connectivity index is 2.31. The summed E-state index contributed by atoms with van der Waals surface area (Å²) in [7, 11) is 0. The molecular formula is C19H19BrO2. The van der Waals surface area contributed by atoms with Gasteiger partial charge in [-0.25, -0.2) is 0 Å². The van der Waals surface area contributed by atoms with Gasteiger partial charge in [-0.2, -0.15) is 0 Å². The lowest BCUT2D eigenvalue weighted by Crippen LogP contribution is -2.24. The van der Waals surface area contributed by atoms with Gasteiger partial charge in [-0.15, -0.1) is 0 Å². The molecule has 2 nitrogen and oxygen atoms in total. The Morgan fingerprint density at radius 3 is 1.23 bits per heavy atom.